The number of hydrogen-bond acceptors (Lipinski definition) is 1. The maximum Gasteiger partial charge on any atom is -0.00426 e. The first-order valence-electron chi connectivity index (χ1n) is 5.98. The van der Waals surface area contributed by atoms with Gasteiger partial charge in [0.25, 0.3) is 0 Å². The lowest BCUT2D eigenvalue weighted by molar-refractivity contribution is 0.590. The molecule has 0 aliphatic carbocycles. The Kier molecular flexibility index (Phi) is 4.75. The average molecular weight is 217 g/mol. The third-order valence-corrected chi connectivity index (χ3v) is 2.67. The molecule has 0 fully saturated rings. The monoisotopic (exact) mass is 217 g/mol. The minimum absolute atomic E-state index is 0.244. The van der Waals surface area contributed by atoms with Gasteiger partial charge in [0.05, 0.1) is 0 Å². The molecule has 0 aromatic heterocycles. The maximum atomic E-state index is 5.42. The van der Waals surface area contributed by atoms with E-state index in [0.717, 1.165) is 19.4 Å². The van der Waals surface area contributed by atoms with Crippen LogP contribution in [0.1, 0.15) is 38.3 Å². The summed E-state index contributed by atoms with van der Waals surface area (Å²) in [5.41, 5.74) is 8.42. The Morgan fingerprint density at radius 1 is 1.06 bits per heavy atom. The summed E-state index contributed by atoms with van der Waals surface area (Å²) < 4.78 is 0. The average Bonchev–Trinajstić information content (AvgIpc) is 2.24. The lowest BCUT2D eigenvalue weighted by Crippen LogP contribution is -2.10. The first-order chi connectivity index (χ1) is 7.54. The molecular formula is C15H23N. The summed E-state index contributed by atoms with van der Waals surface area (Å²) in [6, 6.07) is 8.89. The highest BCUT2D eigenvalue weighted by atomic mass is 14.5. The SMILES string of the molecule is CC(C)(C)c1ccc(CC=CCCN)cc1. The van der Waals surface area contributed by atoms with Crippen LogP contribution >= 0.6 is 0 Å². The lowest BCUT2D eigenvalue weighted by atomic mass is 9.86. The molecule has 2 N–H and O–H groups in total. The second kappa shape index (κ2) is 5.86. The Labute approximate surface area is 99.4 Å². The van der Waals surface area contributed by atoms with Crippen molar-refractivity contribution in [2.45, 2.75) is 39.0 Å². The zero-order valence-electron chi connectivity index (χ0n) is 10.7. The molecule has 0 unspecified atom stereocenters. The molecule has 0 heterocycles. The Morgan fingerprint density at radius 3 is 2.19 bits per heavy atom. The largest absolute Gasteiger partial charge is 0.330 e. The van der Waals surface area contributed by atoms with Gasteiger partial charge in [0.2, 0.25) is 0 Å². The molecule has 0 aliphatic rings. The molecule has 1 aromatic carbocycles. The van der Waals surface area contributed by atoms with Gasteiger partial charge >= 0.3 is 0 Å². The van der Waals surface area contributed by atoms with Crippen molar-refractivity contribution in [3.63, 3.8) is 0 Å². The summed E-state index contributed by atoms with van der Waals surface area (Å²) in [5.74, 6) is 0. The summed E-state index contributed by atoms with van der Waals surface area (Å²) >= 11 is 0. The number of rotatable bonds is 4. The summed E-state index contributed by atoms with van der Waals surface area (Å²) in [6.07, 6.45) is 6.32. The molecule has 0 amide bonds. The highest BCUT2D eigenvalue weighted by Gasteiger charge is 2.12. The van der Waals surface area contributed by atoms with Crippen molar-refractivity contribution in [1.82, 2.24) is 0 Å². The van der Waals surface area contributed by atoms with Crippen LogP contribution in [0.5, 0.6) is 0 Å². The molecule has 16 heavy (non-hydrogen) atoms. The Morgan fingerprint density at radius 2 is 1.69 bits per heavy atom. The van der Waals surface area contributed by atoms with Gasteiger partial charge in [-0.25, -0.2) is 0 Å². The van der Waals surface area contributed by atoms with Crippen molar-refractivity contribution in [3.05, 3.63) is 47.5 Å². The molecule has 0 aliphatic heterocycles. The van der Waals surface area contributed by atoms with Gasteiger partial charge in [0, 0.05) is 0 Å². The third kappa shape index (κ3) is 4.19. The standard InChI is InChI=1S/C15H23N/c1-15(2,3)14-10-8-13(9-11-14)7-5-4-6-12-16/h4-5,8-11H,6-7,12,16H2,1-3H3. The minimum atomic E-state index is 0.244. The van der Waals surface area contributed by atoms with E-state index in [0.29, 0.717) is 0 Å². The van der Waals surface area contributed by atoms with Crippen molar-refractivity contribution >= 4 is 0 Å². The quantitative estimate of drug-likeness (QED) is 0.768. The van der Waals surface area contributed by atoms with Crippen molar-refractivity contribution in [3.8, 4) is 0 Å². The second-order valence-corrected chi connectivity index (χ2v) is 5.20. The summed E-state index contributed by atoms with van der Waals surface area (Å²) in [7, 11) is 0. The van der Waals surface area contributed by atoms with Gasteiger partial charge in [-0.1, -0.05) is 57.2 Å². The number of nitrogens with two attached hydrogens (primary N) is 1. The van der Waals surface area contributed by atoms with Gasteiger partial charge in [-0.3, -0.25) is 0 Å². The molecule has 1 rings (SSSR count). The summed E-state index contributed by atoms with van der Waals surface area (Å²) in [4.78, 5) is 0. The first kappa shape index (κ1) is 13.0. The second-order valence-electron chi connectivity index (χ2n) is 5.20. The molecule has 1 nitrogen and oxygen atoms in total. The van der Waals surface area contributed by atoms with Crippen LogP contribution < -0.4 is 5.73 Å². The Balaban J connectivity index is 2.58. The normalized spacial score (nSPS) is 12.2. The van der Waals surface area contributed by atoms with Gasteiger partial charge in [0.15, 0.2) is 0 Å². The summed E-state index contributed by atoms with van der Waals surface area (Å²) in [5, 5.41) is 0. The molecule has 0 saturated heterocycles. The molecule has 0 atom stereocenters. The van der Waals surface area contributed by atoms with Gasteiger partial charge in [-0.15, -0.1) is 0 Å². The topological polar surface area (TPSA) is 26.0 Å². The molecular weight excluding hydrogens is 194 g/mol. The zero-order chi connectivity index (χ0) is 12.0. The predicted molar refractivity (Wildman–Crippen MR) is 71.7 cm³/mol. The predicted octanol–water partition coefficient (Wildman–Crippen LogP) is 3.43. The van der Waals surface area contributed by atoms with E-state index in [4.69, 9.17) is 5.73 Å². The van der Waals surface area contributed by atoms with E-state index in [1.54, 1.807) is 0 Å². The molecule has 1 heteroatoms. The number of benzene rings is 1. The minimum Gasteiger partial charge on any atom is -0.330 e. The van der Waals surface area contributed by atoms with Gasteiger partial charge in [-0.05, 0) is 35.9 Å². The van der Waals surface area contributed by atoms with Crippen LogP contribution in [0.4, 0.5) is 0 Å². The van der Waals surface area contributed by atoms with Crippen LogP contribution in [-0.2, 0) is 11.8 Å². The Bertz CT molecular complexity index is 327. The van der Waals surface area contributed by atoms with Gasteiger partial charge in [-0.2, -0.15) is 0 Å². The van der Waals surface area contributed by atoms with E-state index in [1.165, 1.54) is 11.1 Å². The maximum absolute atomic E-state index is 5.42. The van der Waals surface area contributed by atoms with E-state index < -0.39 is 0 Å². The molecule has 0 radical (unpaired) electrons. The number of hydrogen-bond donors (Lipinski definition) is 1. The number of allylic oxidation sites excluding steroid dienone is 1. The molecule has 1 aromatic rings. The highest BCUT2D eigenvalue weighted by Crippen LogP contribution is 2.22. The van der Waals surface area contributed by atoms with E-state index in [-0.39, 0.29) is 5.41 Å². The van der Waals surface area contributed by atoms with Gasteiger partial charge in [0.1, 0.15) is 0 Å². The molecule has 0 spiro atoms. The van der Waals surface area contributed by atoms with E-state index in [2.05, 4.69) is 57.2 Å². The smallest absolute Gasteiger partial charge is 0.00426 e. The first-order valence-corrected chi connectivity index (χ1v) is 5.98. The van der Waals surface area contributed by atoms with Crippen molar-refractivity contribution < 1.29 is 0 Å². The van der Waals surface area contributed by atoms with Crippen LogP contribution in [-0.4, -0.2) is 6.54 Å². The zero-order valence-corrected chi connectivity index (χ0v) is 10.7. The Hall–Kier alpha value is -1.08. The fraction of sp³-hybridized carbons (Fsp3) is 0.467. The summed E-state index contributed by atoms with van der Waals surface area (Å²) in [6.45, 7) is 7.45. The highest BCUT2D eigenvalue weighted by molar-refractivity contribution is 5.28. The van der Waals surface area contributed by atoms with E-state index in [1.807, 2.05) is 0 Å². The lowest BCUT2D eigenvalue weighted by Gasteiger charge is -2.18. The van der Waals surface area contributed by atoms with E-state index >= 15 is 0 Å². The van der Waals surface area contributed by atoms with Crippen LogP contribution in [0, 0.1) is 0 Å². The van der Waals surface area contributed by atoms with Gasteiger partial charge < -0.3 is 5.73 Å². The van der Waals surface area contributed by atoms with Crippen molar-refractivity contribution in [1.29, 1.82) is 0 Å². The fourth-order valence-electron chi connectivity index (χ4n) is 1.57. The van der Waals surface area contributed by atoms with Crippen LogP contribution in [0.2, 0.25) is 0 Å². The van der Waals surface area contributed by atoms with Crippen molar-refractivity contribution in [2.75, 3.05) is 6.54 Å². The van der Waals surface area contributed by atoms with Crippen LogP contribution in [0.25, 0.3) is 0 Å². The third-order valence-electron chi connectivity index (χ3n) is 2.67. The fourth-order valence-corrected chi connectivity index (χ4v) is 1.57. The molecule has 0 bridgehead atoms. The van der Waals surface area contributed by atoms with Crippen LogP contribution in [0.15, 0.2) is 36.4 Å². The van der Waals surface area contributed by atoms with Crippen LogP contribution in [0.3, 0.4) is 0 Å². The molecule has 88 valence electrons. The van der Waals surface area contributed by atoms with Crippen molar-refractivity contribution in [2.24, 2.45) is 5.73 Å². The van der Waals surface area contributed by atoms with E-state index in [9.17, 15) is 0 Å². The molecule has 0 saturated carbocycles.